The molecule has 0 saturated carbocycles. The van der Waals surface area contributed by atoms with E-state index in [1.807, 2.05) is 32.0 Å². The Morgan fingerprint density at radius 1 is 1.46 bits per heavy atom. The molecule has 0 aliphatic carbocycles. The van der Waals surface area contributed by atoms with Gasteiger partial charge < -0.3 is 4.74 Å². The molecule has 1 aromatic carbocycles. The van der Waals surface area contributed by atoms with Crippen molar-refractivity contribution in [3.8, 4) is 5.75 Å². The first kappa shape index (κ1) is 10.1. The highest BCUT2D eigenvalue weighted by Crippen LogP contribution is 2.24. The Kier molecular flexibility index (Phi) is 3.38. The van der Waals surface area contributed by atoms with Gasteiger partial charge in [-0.15, -0.1) is 0 Å². The summed E-state index contributed by atoms with van der Waals surface area (Å²) in [4.78, 5) is 0. The summed E-state index contributed by atoms with van der Waals surface area (Å²) in [6, 6.07) is 5.51. The van der Waals surface area contributed by atoms with Gasteiger partial charge >= 0.3 is 0 Å². The molecule has 2 heteroatoms. The minimum absolute atomic E-state index is 0.167. The van der Waals surface area contributed by atoms with Gasteiger partial charge in [-0.25, -0.2) is 0 Å². The molecule has 0 saturated heterocycles. The lowest BCUT2D eigenvalue weighted by atomic mass is 10.2. The van der Waals surface area contributed by atoms with Crippen LogP contribution in [-0.2, 0) is 0 Å². The smallest absolute Gasteiger partial charge is 0.126 e. The molecule has 1 nitrogen and oxygen atoms in total. The van der Waals surface area contributed by atoms with Crippen LogP contribution in [0, 0.1) is 0 Å². The summed E-state index contributed by atoms with van der Waals surface area (Å²) < 4.78 is 5.56. The molecule has 13 heavy (non-hydrogen) atoms. The molecule has 0 radical (unpaired) electrons. The molecule has 0 unspecified atom stereocenters. The van der Waals surface area contributed by atoms with E-state index in [9.17, 15) is 0 Å². The molecule has 0 spiro atoms. The minimum atomic E-state index is 0.167. The number of ether oxygens (including phenoxy) is 1. The zero-order chi connectivity index (χ0) is 9.84. The highest BCUT2D eigenvalue weighted by molar-refractivity contribution is 6.30. The molecule has 0 N–H and O–H groups in total. The fraction of sp³-hybridized carbons (Fsp3) is 0.273. The standard InChI is InChI=1S/C11H13ClO/c1-4-9-7-10(12)5-6-11(9)13-8(2)3/h4-8H,1H2,2-3H3. The summed E-state index contributed by atoms with van der Waals surface area (Å²) in [7, 11) is 0. The normalized spacial score (nSPS) is 10.2. The summed E-state index contributed by atoms with van der Waals surface area (Å²) in [6.45, 7) is 7.68. The van der Waals surface area contributed by atoms with Crippen LogP contribution in [0.5, 0.6) is 5.75 Å². The van der Waals surface area contributed by atoms with Crippen LogP contribution in [0.1, 0.15) is 19.4 Å². The third-order valence-electron chi connectivity index (χ3n) is 1.55. The predicted molar refractivity (Wildman–Crippen MR) is 57.3 cm³/mol. The molecule has 1 rings (SSSR count). The largest absolute Gasteiger partial charge is 0.490 e. The van der Waals surface area contributed by atoms with E-state index in [1.165, 1.54) is 0 Å². The number of halogens is 1. The van der Waals surface area contributed by atoms with Gasteiger partial charge in [0.2, 0.25) is 0 Å². The topological polar surface area (TPSA) is 9.23 Å². The summed E-state index contributed by atoms with van der Waals surface area (Å²) in [5.74, 6) is 0.828. The maximum absolute atomic E-state index is 5.83. The van der Waals surface area contributed by atoms with E-state index in [4.69, 9.17) is 16.3 Å². The van der Waals surface area contributed by atoms with Crippen LogP contribution in [0.2, 0.25) is 5.02 Å². The van der Waals surface area contributed by atoms with Crippen molar-refractivity contribution in [1.82, 2.24) is 0 Å². The molecule has 0 aromatic heterocycles. The van der Waals surface area contributed by atoms with Crippen LogP contribution >= 0.6 is 11.6 Å². The molecule has 0 bridgehead atoms. The zero-order valence-electron chi connectivity index (χ0n) is 7.88. The second kappa shape index (κ2) is 4.33. The van der Waals surface area contributed by atoms with Crippen molar-refractivity contribution in [3.05, 3.63) is 35.4 Å². The lowest BCUT2D eigenvalue weighted by Crippen LogP contribution is -2.06. The van der Waals surface area contributed by atoms with Crippen LogP contribution in [-0.4, -0.2) is 6.10 Å². The Balaban J connectivity index is 2.99. The Labute approximate surface area is 84.0 Å². The molecule has 0 aliphatic heterocycles. The van der Waals surface area contributed by atoms with Crippen molar-refractivity contribution in [1.29, 1.82) is 0 Å². The van der Waals surface area contributed by atoms with Crippen molar-refractivity contribution in [2.45, 2.75) is 20.0 Å². The van der Waals surface area contributed by atoms with Crippen LogP contribution in [0.15, 0.2) is 24.8 Å². The molecular formula is C11H13ClO. The molecule has 0 amide bonds. The van der Waals surface area contributed by atoms with Crippen molar-refractivity contribution in [2.75, 3.05) is 0 Å². The van der Waals surface area contributed by atoms with E-state index in [2.05, 4.69) is 6.58 Å². The Morgan fingerprint density at radius 2 is 2.15 bits per heavy atom. The Bertz CT molecular complexity index is 305. The van der Waals surface area contributed by atoms with Gasteiger partial charge in [-0.1, -0.05) is 24.3 Å². The number of hydrogen-bond donors (Lipinski definition) is 0. The average molecular weight is 197 g/mol. The van der Waals surface area contributed by atoms with E-state index >= 15 is 0 Å². The predicted octanol–water partition coefficient (Wildman–Crippen LogP) is 3.77. The van der Waals surface area contributed by atoms with Gasteiger partial charge in [0.05, 0.1) is 6.10 Å². The number of rotatable bonds is 3. The summed E-state index contributed by atoms with van der Waals surface area (Å²) in [6.07, 6.45) is 1.91. The first-order chi connectivity index (χ1) is 6.13. The first-order valence-electron chi connectivity index (χ1n) is 4.22. The van der Waals surface area contributed by atoms with E-state index in [-0.39, 0.29) is 6.10 Å². The van der Waals surface area contributed by atoms with Gasteiger partial charge in [0.25, 0.3) is 0 Å². The maximum atomic E-state index is 5.83. The van der Waals surface area contributed by atoms with Crippen LogP contribution in [0.4, 0.5) is 0 Å². The molecule has 70 valence electrons. The lowest BCUT2D eigenvalue weighted by Gasteiger charge is -2.12. The van der Waals surface area contributed by atoms with Crippen molar-refractivity contribution in [3.63, 3.8) is 0 Å². The lowest BCUT2D eigenvalue weighted by molar-refractivity contribution is 0.242. The van der Waals surface area contributed by atoms with Gasteiger partial charge in [0.1, 0.15) is 5.75 Å². The molecule has 0 aliphatic rings. The van der Waals surface area contributed by atoms with Gasteiger partial charge in [-0.2, -0.15) is 0 Å². The van der Waals surface area contributed by atoms with Crippen LogP contribution in [0.3, 0.4) is 0 Å². The van der Waals surface area contributed by atoms with Gasteiger partial charge in [0, 0.05) is 10.6 Å². The van der Waals surface area contributed by atoms with Crippen molar-refractivity contribution < 1.29 is 4.74 Å². The molecule has 0 atom stereocenters. The summed E-state index contributed by atoms with van der Waals surface area (Å²) in [5, 5.41) is 0.700. The minimum Gasteiger partial charge on any atom is -0.490 e. The van der Waals surface area contributed by atoms with Crippen molar-refractivity contribution >= 4 is 17.7 Å². The summed E-state index contributed by atoms with van der Waals surface area (Å²) >= 11 is 5.83. The van der Waals surface area contributed by atoms with E-state index in [0.29, 0.717) is 5.02 Å². The van der Waals surface area contributed by atoms with Gasteiger partial charge in [-0.05, 0) is 32.0 Å². The molecule has 0 heterocycles. The highest BCUT2D eigenvalue weighted by Gasteiger charge is 2.02. The third kappa shape index (κ3) is 2.78. The van der Waals surface area contributed by atoms with Crippen LogP contribution in [0.25, 0.3) is 6.08 Å². The fourth-order valence-electron chi connectivity index (χ4n) is 1.04. The van der Waals surface area contributed by atoms with Gasteiger partial charge in [0.15, 0.2) is 0 Å². The second-order valence-electron chi connectivity index (χ2n) is 3.05. The summed E-state index contributed by atoms with van der Waals surface area (Å²) in [5.41, 5.74) is 0.932. The third-order valence-corrected chi connectivity index (χ3v) is 1.79. The molecule has 0 fully saturated rings. The monoisotopic (exact) mass is 196 g/mol. The van der Waals surface area contributed by atoms with Crippen LogP contribution < -0.4 is 4.74 Å². The van der Waals surface area contributed by atoms with E-state index in [1.54, 1.807) is 6.08 Å². The Hall–Kier alpha value is -0.950. The first-order valence-corrected chi connectivity index (χ1v) is 4.60. The second-order valence-corrected chi connectivity index (χ2v) is 3.49. The zero-order valence-corrected chi connectivity index (χ0v) is 8.64. The molecule has 1 aromatic rings. The van der Waals surface area contributed by atoms with Crippen molar-refractivity contribution in [2.24, 2.45) is 0 Å². The van der Waals surface area contributed by atoms with E-state index in [0.717, 1.165) is 11.3 Å². The maximum Gasteiger partial charge on any atom is 0.126 e. The Morgan fingerprint density at radius 3 is 2.69 bits per heavy atom. The molecular weight excluding hydrogens is 184 g/mol. The number of hydrogen-bond acceptors (Lipinski definition) is 1. The average Bonchev–Trinajstić information content (AvgIpc) is 2.07. The SMILES string of the molecule is C=Cc1cc(Cl)ccc1OC(C)C. The fourth-order valence-corrected chi connectivity index (χ4v) is 1.22. The number of benzene rings is 1. The van der Waals surface area contributed by atoms with Gasteiger partial charge in [-0.3, -0.25) is 0 Å². The quantitative estimate of drug-likeness (QED) is 0.715. The van der Waals surface area contributed by atoms with E-state index < -0.39 is 0 Å². The highest BCUT2D eigenvalue weighted by atomic mass is 35.5.